The van der Waals surface area contributed by atoms with Crippen molar-refractivity contribution in [3.63, 3.8) is 0 Å². The normalized spacial score (nSPS) is 36.0. The van der Waals surface area contributed by atoms with Crippen LogP contribution in [0.15, 0.2) is 0 Å². The zero-order chi connectivity index (χ0) is 12.5. The van der Waals surface area contributed by atoms with Crippen molar-refractivity contribution in [1.82, 2.24) is 5.32 Å². The molecule has 0 spiro atoms. The highest BCUT2D eigenvalue weighted by Gasteiger charge is 2.45. The molecule has 1 N–H and O–H groups in total. The van der Waals surface area contributed by atoms with E-state index < -0.39 is 0 Å². The quantitative estimate of drug-likeness (QED) is 0.822. The number of rotatable bonds is 3. The summed E-state index contributed by atoms with van der Waals surface area (Å²) in [4.78, 5) is 0. The van der Waals surface area contributed by atoms with Crippen molar-refractivity contribution < 1.29 is 9.47 Å². The first kappa shape index (κ1) is 13.3. The van der Waals surface area contributed by atoms with Gasteiger partial charge in [-0.15, -0.1) is 0 Å². The van der Waals surface area contributed by atoms with Gasteiger partial charge in [0.15, 0.2) is 0 Å². The molecule has 3 nitrogen and oxygen atoms in total. The second-order valence-electron chi connectivity index (χ2n) is 6.71. The third-order valence-electron chi connectivity index (χ3n) is 3.98. The van der Waals surface area contributed by atoms with Gasteiger partial charge < -0.3 is 14.8 Å². The van der Waals surface area contributed by atoms with E-state index in [-0.39, 0.29) is 11.2 Å². The summed E-state index contributed by atoms with van der Waals surface area (Å²) in [5, 5.41) is 3.69. The van der Waals surface area contributed by atoms with Crippen molar-refractivity contribution in [2.45, 2.75) is 64.2 Å². The molecule has 0 radical (unpaired) electrons. The monoisotopic (exact) mass is 241 g/mol. The van der Waals surface area contributed by atoms with E-state index in [1.807, 2.05) is 0 Å². The van der Waals surface area contributed by atoms with Gasteiger partial charge in [0, 0.05) is 19.2 Å². The van der Waals surface area contributed by atoms with Gasteiger partial charge in [-0.25, -0.2) is 0 Å². The van der Waals surface area contributed by atoms with E-state index in [0.29, 0.717) is 12.0 Å². The summed E-state index contributed by atoms with van der Waals surface area (Å²) in [5.74, 6) is 0.684. The highest BCUT2D eigenvalue weighted by molar-refractivity contribution is 4.99. The standard InChI is InChI=1S/C14H27NO2/c1-13(2)8-12(14(3,4)17-13)15-9-11-6-5-7-16-10-11/h11-12,15H,5-10H2,1-4H3. The minimum Gasteiger partial charge on any atom is -0.381 e. The molecule has 2 aliphatic rings. The molecule has 0 amide bonds. The van der Waals surface area contributed by atoms with Gasteiger partial charge in [0.05, 0.1) is 17.8 Å². The second kappa shape index (κ2) is 4.87. The molecule has 2 aliphatic heterocycles. The molecule has 0 aromatic carbocycles. The third-order valence-corrected chi connectivity index (χ3v) is 3.98. The maximum atomic E-state index is 6.09. The van der Waals surface area contributed by atoms with Gasteiger partial charge in [-0.2, -0.15) is 0 Å². The van der Waals surface area contributed by atoms with Crippen LogP contribution in [0.25, 0.3) is 0 Å². The van der Waals surface area contributed by atoms with E-state index in [4.69, 9.17) is 9.47 Å². The molecular weight excluding hydrogens is 214 g/mol. The molecule has 0 saturated carbocycles. The highest BCUT2D eigenvalue weighted by atomic mass is 16.5. The molecule has 2 saturated heterocycles. The van der Waals surface area contributed by atoms with Crippen LogP contribution in [0.1, 0.15) is 47.0 Å². The van der Waals surface area contributed by atoms with Gasteiger partial charge in [-0.05, 0) is 52.9 Å². The molecule has 2 heterocycles. The van der Waals surface area contributed by atoms with Crippen molar-refractivity contribution >= 4 is 0 Å². The lowest BCUT2D eigenvalue weighted by Gasteiger charge is -2.30. The minimum absolute atomic E-state index is 0.00420. The fourth-order valence-corrected chi connectivity index (χ4v) is 3.16. The maximum absolute atomic E-state index is 6.09. The van der Waals surface area contributed by atoms with E-state index in [1.54, 1.807) is 0 Å². The van der Waals surface area contributed by atoms with Crippen LogP contribution in [0.2, 0.25) is 0 Å². The van der Waals surface area contributed by atoms with Crippen LogP contribution in [-0.2, 0) is 9.47 Å². The smallest absolute Gasteiger partial charge is 0.0787 e. The van der Waals surface area contributed by atoms with E-state index in [9.17, 15) is 0 Å². The Bertz CT molecular complexity index is 257. The molecule has 0 bridgehead atoms. The Kier molecular flexibility index (Phi) is 3.81. The Morgan fingerprint density at radius 3 is 2.53 bits per heavy atom. The third kappa shape index (κ3) is 3.43. The summed E-state index contributed by atoms with van der Waals surface area (Å²) >= 11 is 0. The van der Waals surface area contributed by atoms with Gasteiger partial charge in [-0.3, -0.25) is 0 Å². The van der Waals surface area contributed by atoms with Gasteiger partial charge in [-0.1, -0.05) is 0 Å². The summed E-state index contributed by atoms with van der Waals surface area (Å²) in [7, 11) is 0. The first-order chi connectivity index (χ1) is 7.89. The van der Waals surface area contributed by atoms with E-state index in [1.165, 1.54) is 12.8 Å². The van der Waals surface area contributed by atoms with Crippen LogP contribution in [0.5, 0.6) is 0 Å². The summed E-state index contributed by atoms with van der Waals surface area (Å²) < 4.78 is 11.6. The van der Waals surface area contributed by atoms with Crippen LogP contribution < -0.4 is 5.32 Å². The van der Waals surface area contributed by atoms with Crippen LogP contribution in [0, 0.1) is 5.92 Å². The molecule has 0 aromatic heterocycles. The van der Waals surface area contributed by atoms with Crippen molar-refractivity contribution in [3.8, 4) is 0 Å². The van der Waals surface area contributed by atoms with Gasteiger partial charge in [0.2, 0.25) is 0 Å². The predicted octanol–water partition coefficient (Wildman–Crippen LogP) is 2.35. The lowest BCUT2D eigenvalue weighted by Crippen LogP contribution is -2.45. The molecule has 0 aromatic rings. The molecule has 3 heteroatoms. The molecule has 0 aliphatic carbocycles. The highest BCUT2D eigenvalue weighted by Crippen LogP contribution is 2.37. The largest absolute Gasteiger partial charge is 0.381 e. The molecule has 2 fully saturated rings. The van der Waals surface area contributed by atoms with Gasteiger partial charge in [0.25, 0.3) is 0 Å². The number of nitrogens with one attached hydrogen (secondary N) is 1. The lowest BCUT2D eigenvalue weighted by atomic mass is 9.93. The SMILES string of the molecule is CC1(C)CC(NCC2CCCOC2)C(C)(C)O1. The first-order valence-corrected chi connectivity index (χ1v) is 6.90. The predicted molar refractivity (Wildman–Crippen MR) is 69.2 cm³/mol. The summed E-state index contributed by atoms with van der Waals surface area (Å²) in [5.41, 5.74) is -0.0523. The average molecular weight is 241 g/mol. The Morgan fingerprint density at radius 1 is 1.24 bits per heavy atom. The molecule has 2 rings (SSSR count). The Hall–Kier alpha value is -0.120. The van der Waals surface area contributed by atoms with Gasteiger partial charge >= 0.3 is 0 Å². The molecular formula is C14H27NO2. The molecule has 17 heavy (non-hydrogen) atoms. The van der Waals surface area contributed by atoms with Crippen LogP contribution >= 0.6 is 0 Å². The van der Waals surface area contributed by atoms with E-state index in [0.717, 1.165) is 26.2 Å². The fourth-order valence-electron chi connectivity index (χ4n) is 3.16. The topological polar surface area (TPSA) is 30.5 Å². The maximum Gasteiger partial charge on any atom is 0.0787 e. The van der Waals surface area contributed by atoms with Crippen LogP contribution in [0.3, 0.4) is 0 Å². The summed E-state index contributed by atoms with van der Waals surface area (Å²) in [6, 6.07) is 0.458. The Labute approximate surface area is 105 Å². The number of ether oxygens (including phenoxy) is 2. The van der Waals surface area contributed by atoms with Crippen molar-refractivity contribution in [1.29, 1.82) is 0 Å². The lowest BCUT2D eigenvalue weighted by molar-refractivity contribution is -0.0703. The number of hydrogen-bond donors (Lipinski definition) is 1. The fraction of sp³-hybridized carbons (Fsp3) is 1.00. The first-order valence-electron chi connectivity index (χ1n) is 6.90. The summed E-state index contributed by atoms with van der Waals surface area (Å²) in [6.07, 6.45) is 3.60. The van der Waals surface area contributed by atoms with Crippen LogP contribution in [0.4, 0.5) is 0 Å². The Balaban J connectivity index is 1.82. The summed E-state index contributed by atoms with van der Waals surface area (Å²) in [6.45, 7) is 11.7. The zero-order valence-electron chi connectivity index (χ0n) is 11.7. The minimum atomic E-state index is -0.0565. The average Bonchev–Trinajstić information content (AvgIpc) is 2.45. The van der Waals surface area contributed by atoms with Crippen LogP contribution in [-0.4, -0.2) is 37.0 Å². The van der Waals surface area contributed by atoms with Crippen molar-refractivity contribution in [2.75, 3.05) is 19.8 Å². The Morgan fingerprint density at radius 2 is 2.00 bits per heavy atom. The zero-order valence-corrected chi connectivity index (χ0v) is 11.7. The number of hydrogen-bond acceptors (Lipinski definition) is 3. The molecule has 2 unspecified atom stereocenters. The van der Waals surface area contributed by atoms with E-state index >= 15 is 0 Å². The second-order valence-corrected chi connectivity index (χ2v) is 6.71. The van der Waals surface area contributed by atoms with Crippen molar-refractivity contribution in [3.05, 3.63) is 0 Å². The van der Waals surface area contributed by atoms with E-state index in [2.05, 4.69) is 33.0 Å². The van der Waals surface area contributed by atoms with Crippen molar-refractivity contribution in [2.24, 2.45) is 5.92 Å². The van der Waals surface area contributed by atoms with Gasteiger partial charge in [0.1, 0.15) is 0 Å². The molecule has 2 atom stereocenters. The molecule has 100 valence electrons.